The summed E-state index contributed by atoms with van der Waals surface area (Å²) in [5.74, 6) is 0. The van der Waals surface area contributed by atoms with Crippen LogP contribution in [0, 0.1) is 13.8 Å². The van der Waals surface area contributed by atoms with E-state index in [9.17, 15) is 4.79 Å². The molecule has 0 unspecified atom stereocenters. The first-order valence-corrected chi connectivity index (χ1v) is 12.6. The van der Waals surface area contributed by atoms with Gasteiger partial charge in [-0.1, -0.05) is 12.1 Å². The molecule has 0 bridgehead atoms. The highest BCUT2D eigenvalue weighted by Crippen LogP contribution is 2.38. The first-order valence-electron chi connectivity index (χ1n) is 11.8. The molecule has 3 aromatic rings. The summed E-state index contributed by atoms with van der Waals surface area (Å²) in [5.41, 5.74) is 8.43. The van der Waals surface area contributed by atoms with Gasteiger partial charge in [0.25, 0.3) is 0 Å². The Balaban J connectivity index is 1.32. The molecule has 6 nitrogen and oxygen atoms in total. The molecule has 3 heterocycles. The lowest BCUT2D eigenvalue weighted by atomic mass is 10.0. The average molecular weight is 520 g/mol. The molecule has 2 aliphatic heterocycles. The fourth-order valence-electron chi connectivity index (χ4n) is 4.83. The second kappa shape index (κ2) is 9.39. The maximum atomic E-state index is 13.2. The number of likely N-dealkylation sites (N-methyl/N-ethyl adjacent to an activating group) is 1. The molecule has 0 radical (unpaired) electrons. The fraction of sp³-hybridized carbons (Fsp3) is 0.333. The Hall–Kier alpha value is -2.90. The van der Waals surface area contributed by atoms with Gasteiger partial charge in [-0.15, -0.1) is 0 Å². The Kier molecular flexibility index (Phi) is 6.32. The third-order valence-corrected chi connectivity index (χ3v) is 7.32. The molecule has 1 saturated heterocycles. The van der Waals surface area contributed by atoms with Crippen molar-refractivity contribution in [2.75, 3.05) is 54.9 Å². The number of halogens is 1. The summed E-state index contributed by atoms with van der Waals surface area (Å²) < 4.78 is 1.11. The molecule has 176 valence electrons. The summed E-state index contributed by atoms with van der Waals surface area (Å²) in [6.07, 6.45) is 0.865. The first kappa shape index (κ1) is 22.9. The molecular weight excluding hydrogens is 490 g/mol. The predicted molar refractivity (Wildman–Crippen MR) is 143 cm³/mol. The summed E-state index contributed by atoms with van der Waals surface area (Å²) >= 11 is 3.77. The third-order valence-electron chi connectivity index (χ3n) is 6.68. The number of rotatable bonds is 3. The van der Waals surface area contributed by atoms with Gasteiger partial charge in [0.1, 0.15) is 0 Å². The van der Waals surface area contributed by atoms with Gasteiger partial charge < -0.3 is 15.1 Å². The molecule has 2 amide bonds. The van der Waals surface area contributed by atoms with E-state index in [1.54, 1.807) is 0 Å². The number of carbonyl (C=O) groups excluding carboxylic acids is 1. The third kappa shape index (κ3) is 4.68. The Labute approximate surface area is 209 Å². The number of hydrogen-bond acceptors (Lipinski definition) is 4. The molecule has 7 heteroatoms. The molecule has 0 atom stereocenters. The number of benzene rings is 2. The zero-order valence-corrected chi connectivity index (χ0v) is 21.5. The van der Waals surface area contributed by atoms with Crippen LogP contribution in [0.25, 0.3) is 11.1 Å². The number of urea groups is 1. The quantitative estimate of drug-likeness (QED) is 0.498. The van der Waals surface area contributed by atoms with E-state index in [2.05, 4.69) is 67.3 Å². The summed E-state index contributed by atoms with van der Waals surface area (Å²) in [5, 5.41) is 3.09. The number of amides is 2. The summed E-state index contributed by atoms with van der Waals surface area (Å²) in [6, 6.07) is 16.5. The average Bonchev–Trinajstić information content (AvgIpc) is 3.22. The number of pyridine rings is 1. The van der Waals surface area contributed by atoms with Crippen LogP contribution in [0.1, 0.15) is 17.0 Å². The molecule has 5 rings (SSSR count). The highest BCUT2D eigenvalue weighted by atomic mass is 79.9. The van der Waals surface area contributed by atoms with Crippen molar-refractivity contribution in [1.29, 1.82) is 0 Å². The van der Waals surface area contributed by atoms with Gasteiger partial charge in [0.05, 0.1) is 11.4 Å². The molecule has 2 aliphatic rings. The van der Waals surface area contributed by atoms with Crippen molar-refractivity contribution in [3.05, 3.63) is 70.0 Å². The Bertz CT molecular complexity index is 1200. The molecule has 2 aromatic carbocycles. The van der Waals surface area contributed by atoms with Gasteiger partial charge in [-0.25, -0.2) is 4.79 Å². The number of anilines is 3. The van der Waals surface area contributed by atoms with Crippen LogP contribution in [0.2, 0.25) is 0 Å². The predicted octanol–water partition coefficient (Wildman–Crippen LogP) is 5.47. The van der Waals surface area contributed by atoms with Gasteiger partial charge in [0, 0.05) is 54.3 Å². The van der Waals surface area contributed by atoms with Crippen LogP contribution < -0.4 is 15.1 Å². The monoisotopic (exact) mass is 519 g/mol. The topological polar surface area (TPSA) is 51.7 Å². The fourth-order valence-corrected chi connectivity index (χ4v) is 5.48. The van der Waals surface area contributed by atoms with Gasteiger partial charge in [-0.2, -0.15) is 0 Å². The number of piperazine rings is 1. The first-order chi connectivity index (χ1) is 16.4. The molecule has 0 saturated carbocycles. The number of aromatic nitrogens is 1. The van der Waals surface area contributed by atoms with Crippen molar-refractivity contribution in [3.63, 3.8) is 0 Å². The molecule has 1 fully saturated rings. The SMILES string of the molecule is Cc1cc(-c2ccc(NC(=O)N3CCc4cc(Br)c(N5CCN(C)CC5)cc43)cc2)cc(C)n1. The van der Waals surface area contributed by atoms with E-state index in [-0.39, 0.29) is 6.03 Å². The molecule has 1 aromatic heterocycles. The lowest BCUT2D eigenvalue weighted by Crippen LogP contribution is -2.44. The Morgan fingerprint density at radius 1 is 0.882 bits per heavy atom. The standard InChI is InChI=1S/C27H30BrN5O/c1-18-14-22(15-19(2)29-18)20-4-6-23(7-5-20)30-27(34)33-9-8-21-16-24(28)26(17-25(21)33)32-12-10-31(3)11-13-32/h4-7,14-17H,8-13H2,1-3H3,(H,30,34). The van der Waals surface area contributed by atoms with Crippen LogP contribution in [-0.2, 0) is 6.42 Å². The van der Waals surface area contributed by atoms with E-state index in [4.69, 9.17) is 0 Å². The van der Waals surface area contributed by atoms with Gasteiger partial charge in [0.15, 0.2) is 0 Å². The molecule has 0 spiro atoms. The van der Waals surface area contributed by atoms with Crippen LogP contribution in [-0.4, -0.2) is 55.7 Å². The van der Waals surface area contributed by atoms with Crippen molar-refractivity contribution in [3.8, 4) is 11.1 Å². The van der Waals surface area contributed by atoms with Crippen molar-refractivity contribution >= 4 is 39.0 Å². The Morgan fingerprint density at radius 2 is 1.56 bits per heavy atom. The van der Waals surface area contributed by atoms with E-state index < -0.39 is 0 Å². The maximum absolute atomic E-state index is 13.2. The number of carbonyl (C=O) groups is 1. The van der Waals surface area contributed by atoms with E-state index >= 15 is 0 Å². The van der Waals surface area contributed by atoms with E-state index in [1.165, 1.54) is 11.3 Å². The normalized spacial score (nSPS) is 16.0. The molecular formula is C27H30BrN5O. The minimum Gasteiger partial charge on any atom is -0.368 e. The molecule has 1 N–H and O–H groups in total. The maximum Gasteiger partial charge on any atom is 0.326 e. The minimum atomic E-state index is -0.0891. The van der Waals surface area contributed by atoms with Crippen molar-refractivity contribution in [2.24, 2.45) is 0 Å². The lowest BCUT2D eigenvalue weighted by Gasteiger charge is -2.35. The van der Waals surface area contributed by atoms with Crippen LogP contribution >= 0.6 is 15.9 Å². The van der Waals surface area contributed by atoms with Crippen LogP contribution in [0.4, 0.5) is 21.9 Å². The molecule has 34 heavy (non-hydrogen) atoms. The van der Waals surface area contributed by atoms with Crippen LogP contribution in [0.5, 0.6) is 0 Å². The second-order valence-corrected chi connectivity index (χ2v) is 10.1. The highest BCUT2D eigenvalue weighted by molar-refractivity contribution is 9.10. The van der Waals surface area contributed by atoms with Gasteiger partial charge in [-0.05, 0) is 96.3 Å². The van der Waals surface area contributed by atoms with E-state index in [0.29, 0.717) is 6.54 Å². The summed E-state index contributed by atoms with van der Waals surface area (Å²) in [6.45, 7) is 8.77. The van der Waals surface area contributed by atoms with E-state index in [0.717, 1.165) is 71.0 Å². The lowest BCUT2D eigenvalue weighted by molar-refractivity contribution is 0.257. The zero-order chi connectivity index (χ0) is 23.8. The smallest absolute Gasteiger partial charge is 0.326 e. The number of aryl methyl sites for hydroxylation is 2. The summed E-state index contributed by atoms with van der Waals surface area (Å²) in [7, 11) is 2.16. The van der Waals surface area contributed by atoms with Gasteiger partial charge >= 0.3 is 6.03 Å². The van der Waals surface area contributed by atoms with E-state index in [1.807, 2.05) is 43.0 Å². The number of hydrogen-bond donors (Lipinski definition) is 1. The number of nitrogens with one attached hydrogen (secondary N) is 1. The molecule has 0 aliphatic carbocycles. The largest absolute Gasteiger partial charge is 0.368 e. The van der Waals surface area contributed by atoms with Gasteiger partial charge in [0.2, 0.25) is 0 Å². The number of nitrogens with zero attached hydrogens (tertiary/aromatic N) is 4. The van der Waals surface area contributed by atoms with Crippen molar-refractivity contribution < 1.29 is 4.79 Å². The minimum absolute atomic E-state index is 0.0891. The second-order valence-electron chi connectivity index (χ2n) is 9.27. The number of fused-ring (bicyclic) bond motifs is 1. The van der Waals surface area contributed by atoms with Crippen LogP contribution in [0.15, 0.2) is 53.0 Å². The van der Waals surface area contributed by atoms with Crippen molar-refractivity contribution in [1.82, 2.24) is 9.88 Å². The van der Waals surface area contributed by atoms with Crippen LogP contribution in [0.3, 0.4) is 0 Å². The summed E-state index contributed by atoms with van der Waals surface area (Å²) in [4.78, 5) is 24.3. The zero-order valence-electron chi connectivity index (χ0n) is 19.9. The Morgan fingerprint density at radius 3 is 2.24 bits per heavy atom. The highest BCUT2D eigenvalue weighted by Gasteiger charge is 2.28. The van der Waals surface area contributed by atoms with Crippen molar-refractivity contribution in [2.45, 2.75) is 20.3 Å². The van der Waals surface area contributed by atoms with Gasteiger partial charge in [-0.3, -0.25) is 9.88 Å².